The summed E-state index contributed by atoms with van der Waals surface area (Å²) in [6.07, 6.45) is 9.82. The minimum atomic E-state index is -0.246. The zero-order valence-corrected chi connectivity index (χ0v) is 11.5. The Morgan fingerprint density at radius 3 is 2.25 bits per heavy atom. The first-order valence-corrected chi connectivity index (χ1v) is 7.15. The molecule has 16 heavy (non-hydrogen) atoms. The molecule has 6 heteroatoms. The third-order valence-corrected chi connectivity index (χ3v) is 3.56. The Morgan fingerprint density at radius 2 is 1.88 bits per heavy atom. The average molecular weight is 260 g/mol. The maximum absolute atomic E-state index is 11.4. The topological polar surface area (TPSA) is 32.8 Å². The van der Waals surface area contributed by atoms with E-state index in [9.17, 15) is 4.79 Å². The van der Waals surface area contributed by atoms with Crippen LogP contribution >= 0.6 is 23.9 Å². The van der Waals surface area contributed by atoms with E-state index in [4.69, 9.17) is 4.74 Å². The Bertz CT molecular complexity index is 302. The van der Waals surface area contributed by atoms with E-state index < -0.39 is 0 Å². The van der Waals surface area contributed by atoms with Crippen molar-refractivity contribution in [3.63, 3.8) is 0 Å². The summed E-state index contributed by atoms with van der Waals surface area (Å²) in [5.74, 6) is 0.517. The highest BCUT2D eigenvalue weighted by Gasteiger charge is 2.21. The standard InChI is InChI=1S/C10H16N2O2S2/c1-8(10(13)14-2)7-9-11(15-3)5-6-12(9)16-4/h5-8H,1-4H3. The monoisotopic (exact) mass is 260 g/mol. The summed E-state index contributed by atoms with van der Waals surface area (Å²) in [5.41, 5.74) is 0. The number of hydrogen-bond acceptors (Lipinski definition) is 6. The van der Waals surface area contributed by atoms with E-state index >= 15 is 0 Å². The van der Waals surface area contributed by atoms with Crippen molar-refractivity contribution in [2.75, 3.05) is 19.6 Å². The van der Waals surface area contributed by atoms with Gasteiger partial charge in [-0.25, -0.2) is 0 Å². The number of nitrogens with zero attached hydrogens (tertiary/aromatic N) is 2. The largest absolute Gasteiger partial charge is 0.469 e. The molecule has 0 fully saturated rings. The second kappa shape index (κ2) is 6.10. The number of carbonyl (C=O) groups excluding carboxylic acids is 1. The van der Waals surface area contributed by atoms with E-state index in [1.54, 1.807) is 23.9 Å². The summed E-state index contributed by atoms with van der Waals surface area (Å²) in [7, 11) is 1.41. The summed E-state index contributed by atoms with van der Waals surface area (Å²) in [6, 6.07) is 0. The molecule has 1 atom stereocenters. The van der Waals surface area contributed by atoms with Gasteiger partial charge in [0.05, 0.1) is 13.0 Å². The van der Waals surface area contributed by atoms with Gasteiger partial charge in [0.25, 0.3) is 0 Å². The zero-order chi connectivity index (χ0) is 12.1. The van der Waals surface area contributed by atoms with Crippen molar-refractivity contribution in [2.24, 2.45) is 5.92 Å². The van der Waals surface area contributed by atoms with Crippen LogP contribution in [-0.4, -0.2) is 34.2 Å². The third kappa shape index (κ3) is 2.89. The van der Waals surface area contributed by atoms with Gasteiger partial charge in [-0.2, -0.15) is 0 Å². The lowest BCUT2D eigenvalue weighted by Gasteiger charge is -2.21. The van der Waals surface area contributed by atoms with Crippen molar-refractivity contribution in [3.05, 3.63) is 24.3 Å². The van der Waals surface area contributed by atoms with E-state index in [0.717, 1.165) is 5.82 Å². The summed E-state index contributed by atoms with van der Waals surface area (Å²) in [5, 5.41) is 0. The lowest BCUT2D eigenvalue weighted by Crippen LogP contribution is -2.17. The van der Waals surface area contributed by atoms with Gasteiger partial charge in [-0.3, -0.25) is 13.4 Å². The fourth-order valence-corrected chi connectivity index (χ4v) is 2.38. The number of ether oxygens (including phenoxy) is 1. The van der Waals surface area contributed by atoms with E-state index in [1.165, 1.54) is 7.11 Å². The van der Waals surface area contributed by atoms with Crippen LogP contribution in [0.5, 0.6) is 0 Å². The molecule has 0 saturated heterocycles. The molecule has 0 radical (unpaired) electrons. The van der Waals surface area contributed by atoms with Crippen molar-refractivity contribution in [1.29, 1.82) is 0 Å². The van der Waals surface area contributed by atoms with Gasteiger partial charge in [-0.05, 0) is 36.9 Å². The van der Waals surface area contributed by atoms with Crippen LogP contribution in [0.2, 0.25) is 0 Å². The molecule has 1 rings (SSSR count). The second-order valence-corrected chi connectivity index (χ2v) is 4.67. The Balaban J connectivity index is 2.82. The van der Waals surface area contributed by atoms with Gasteiger partial charge >= 0.3 is 5.97 Å². The van der Waals surface area contributed by atoms with Gasteiger partial charge in [0.15, 0.2) is 0 Å². The van der Waals surface area contributed by atoms with E-state index in [1.807, 2.05) is 46.5 Å². The van der Waals surface area contributed by atoms with Crippen LogP contribution in [0.25, 0.3) is 0 Å². The molecule has 1 aliphatic heterocycles. The summed E-state index contributed by atoms with van der Waals surface area (Å²) in [6.45, 7) is 1.83. The maximum Gasteiger partial charge on any atom is 0.312 e. The Labute approximate surface area is 105 Å². The van der Waals surface area contributed by atoms with Crippen molar-refractivity contribution in [2.45, 2.75) is 6.92 Å². The average Bonchev–Trinajstić information content (AvgIpc) is 2.69. The van der Waals surface area contributed by atoms with Crippen LogP contribution < -0.4 is 0 Å². The number of carbonyl (C=O) groups is 1. The molecule has 4 nitrogen and oxygen atoms in total. The van der Waals surface area contributed by atoms with Crippen LogP contribution in [0.1, 0.15) is 6.92 Å². The second-order valence-electron chi connectivity index (χ2n) is 3.15. The quantitative estimate of drug-likeness (QED) is 0.569. The lowest BCUT2D eigenvalue weighted by atomic mass is 10.2. The SMILES string of the molecule is COC(=O)C(C)C=C1N(SC)C=CN1SC. The van der Waals surface area contributed by atoms with Crippen LogP contribution in [-0.2, 0) is 9.53 Å². The molecule has 0 amide bonds. The zero-order valence-electron chi connectivity index (χ0n) is 9.84. The summed E-state index contributed by atoms with van der Waals surface area (Å²) < 4.78 is 8.73. The fourth-order valence-electron chi connectivity index (χ4n) is 1.30. The highest BCUT2D eigenvalue weighted by Crippen LogP contribution is 2.31. The van der Waals surface area contributed by atoms with Crippen LogP contribution in [0.4, 0.5) is 0 Å². The molecular weight excluding hydrogens is 244 g/mol. The molecule has 0 aromatic heterocycles. The highest BCUT2D eigenvalue weighted by atomic mass is 32.2. The van der Waals surface area contributed by atoms with E-state index in [-0.39, 0.29) is 11.9 Å². The normalized spacial score (nSPS) is 16.6. The molecule has 0 spiro atoms. The molecule has 1 unspecified atom stereocenters. The Morgan fingerprint density at radius 1 is 1.38 bits per heavy atom. The third-order valence-electron chi connectivity index (χ3n) is 2.15. The van der Waals surface area contributed by atoms with E-state index in [2.05, 4.69) is 0 Å². The molecule has 0 aromatic rings. The van der Waals surface area contributed by atoms with Gasteiger partial charge in [-0.1, -0.05) is 0 Å². The summed E-state index contributed by atoms with van der Waals surface area (Å²) in [4.78, 5) is 11.4. The molecule has 90 valence electrons. The van der Waals surface area contributed by atoms with Crippen molar-refractivity contribution < 1.29 is 9.53 Å². The number of methoxy groups -OCH3 is 1. The molecule has 0 N–H and O–H groups in total. The first-order chi connectivity index (χ1) is 7.63. The maximum atomic E-state index is 11.4. The molecule has 0 aliphatic carbocycles. The molecule has 0 bridgehead atoms. The highest BCUT2D eigenvalue weighted by molar-refractivity contribution is 7.97. The van der Waals surface area contributed by atoms with Crippen molar-refractivity contribution in [1.82, 2.24) is 8.61 Å². The van der Waals surface area contributed by atoms with Gasteiger partial charge < -0.3 is 4.74 Å². The van der Waals surface area contributed by atoms with Gasteiger partial charge in [0.1, 0.15) is 5.82 Å². The van der Waals surface area contributed by atoms with Gasteiger partial charge in [0, 0.05) is 24.9 Å². The molecule has 0 aromatic carbocycles. The first-order valence-electron chi connectivity index (χ1n) is 4.78. The summed E-state index contributed by atoms with van der Waals surface area (Å²) >= 11 is 3.18. The van der Waals surface area contributed by atoms with Crippen LogP contribution in [0.15, 0.2) is 24.3 Å². The van der Waals surface area contributed by atoms with Crippen LogP contribution in [0, 0.1) is 5.92 Å². The predicted molar refractivity (Wildman–Crippen MR) is 69.1 cm³/mol. The van der Waals surface area contributed by atoms with Gasteiger partial charge in [-0.15, -0.1) is 0 Å². The fraction of sp³-hybridized carbons (Fsp3) is 0.500. The lowest BCUT2D eigenvalue weighted by molar-refractivity contribution is -0.143. The molecular formula is C10H16N2O2S2. The van der Waals surface area contributed by atoms with Crippen molar-refractivity contribution in [3.8, 4) is 0 Å². The van der Waals surface area contributed by atoms with Gasteiger partial charge in [0.2, 0.25) is 0 Å². The van der Waals surface area contributed by atoms with Crippen molar-refractivity contribution >= 4 is 29.9 Å². The number of rotatable bonds is 4. The Hall–Kier alpha value is -0.750. The first kappa shape index (κ1) is 13.3. The predicted octanol–water partition coefficient (Wildman–Crippen LogP) is 2.28. The Kier molecular flexibility index (Phi) is 5.08. The smallest absolute Gasteiger partial charge is 0.312 e. The number of hydrogen-bond donors (Lipinski definition) is 0. The van der Waals surface area contributed by atoms with Crippen LogP contribution in [0.3, 0.4) is 0 Å². The minimum absolute atomic E-state index is 0.221. The molecule has 0 saturated carbocycles. The minimum Gasteiger partial charge on any atom is -0.469 e. The number of esters is 1. The molecule has 1 aliphatic rings. The molecule has 1 heterocycles. The van der Waals surface area contributed by atoms with E-state index in [0.29, 0.717) is 0 Å².